The van der Waals surface area contributed by atoms with E-state index < -0.39 is 6.04 Å². The lowest BCUT2D eigenvalue weighted by molar-refractivity contribution is -0.122. The van der Waals surface area contributed by atoms with Gasteiger partial charge in [-0.15, -0.1) is 11.3 Å². The molecule has 1 aromatic heterocycles. The van der Waals surface area contributed by atoms with Crippen LogP contribution in [0.4, 0.5) is 0 Å². The lowest BCUT2D eigenvalue weighted by Crippen LogP contribution is -2.48. The number of amides is 2. The molecule has 0 spiro atoms. The maximum Gasteiger partial charge on any atom is 0.261 e. The highest BCUT2D eigenvalue weighted by molar-refractivity contribution is 7.12. The van der Waals surface area contributed by atoms with Crippen LogP contribution in [0.25, 0.3) is 0 Å². The van der Waals surface area contributed by atoms with Gasteiger partial charge in [0.15, 0.2) is 0 Å². The van der Waals surface area contributed by atoms with Crippen molar-refractivity contribution in [2.45, 2.75) is 45.7 Å². The third-order valence-corrected chi connectivity index (χ3v) is 5.20. The summed E-state index contributed by atoms with van der Waals surface area (Å²) in [7, 11) is 0. The van der Waals surface area contributed by atoms with E-state index in [9.17, 15) is 9.59 Å². The molecule has 0 saturated carbocycles. The fourth-order valence-corrected chi connectivity index (χ4v) is 3.50. The molecule has 2 amide bonds. The Morgan fingerprint density at radius 3 is 2.83 bits per heavy atom. The molecule has 5 nitrogen and oxygen atoms in total. The molecule has 1 aliphatic rings. The Kier molecular flexibility index (Phi) is 6.59. The van der Waals surface area contributed by atoms with Crippen LogP contribution in [-0.4, -0.2) is 48.4 Å². The molecule has 2 heterocycles. The standard InChI is InChI=1S/C17H27N3O2S/c1-12(2)20-8-4-6-14(11-20)10-18-16(21)13(3)19-17(22)15-7-5-9-23-15/h5,7,9,12-14H,4,6,8,10-11H2,1-3H3,(H,18,21)(H,19,22)/t13-,14-/m1/s1. The van der Waals surface area contributed by atoms with Gasteiger partial charge in [-0.25, -0.2) is 0 Å². The van der Waals surface area contributed by atoms with E-state index in [1.54, 1.807) is 13.0 Å². The molecule has 0 unspecified atom stereocenters. The van der Waals surface area contributed by atoms with Crippen LogP contribution in [0.15, 0.2) is 17.5 Å². The lowest BCUT2D eigenvalue weighted by Gasteiger charge is -2.35. The first kappa shape index (κ1) is 17.9. The van der Waals surface area contributed by atoms with Crippen LogP contribution in [0.3, 0.4) is 0 Å². The topological polar surface area (TPSA) is 61.4 Å². The zero-order chi connectivity index (χ0) is 16.8. The Hall–Kier alpha value is -1.40. The van der Waals surface area contributed by atoms with Crippen molar-refractivity contribution >= 4 is 23.2 Å². The lowest BCUT2D eigenvalue weighted by atomic mass is 9.97. The molecular formula is C17H27N3O2S. The molecular weight excluding hydrogens is 310 g/mol. The molecule has 2 atom stereocenters. The van der Waals surface area contributed by atoms with Gasteiger partial charge in [0.05, 0.1) is 4.88 Å². The van der Waals surface area contributed by atoms with Gasteiger partial charge in [0.1, 0.15) is 6.04 Å². The zero-order valence-electron chi connectivity index (χ0n) is 14.2. The molecule has 0 radical (unpaired) electrons. The molecule has 1 aromatic rings. The number of hydrogen-bond donors (Lipinski definition) is 2. The third kappa shape index (κ3) is 5.32. The van der Waals surface area contributed by atoms with E-state index >= 15 is 0 Å². The van der Waals surface area contributed by atoms with Gasteiger partial charge in [0.2, 0.25) is 5.91 Å². The van der Waals surface area contributed by atoms with Crippen LogP contribution < -0.4 is 10.6 Å². The molecule has 0 bridgehead atoms. The van der Waals surface area contributed by atoms with Crippen LogP contribution in [0.5, 0.6) is 0 Å². The van der Waals surface area contributed by atoms with Crippen LogP contribution in [0.1, 0.15) is 43.3 Å². The zero-order valence-corrected chi connectivity index (χ0v) is 15.0. The van der Waals surface area contributed by atoms with Crippen LogP contribution in [0, 0.1) is 5.92 Å². The SMILES string of the molecule is CC(C)N1CCC[C@H](CNC(=O)[C@@H](C)NC(=O)c2cccs2)C1. The Morgan fingerprint density at radius 2 is 2.17 bits per heavy atom. The van der Waals surface area contributed by atoms with Crippen molar-refractivity contribution in [3.8, 4) is 0 Å². The van der Waals surface area contributed by atoms with Crippen LogP contribution in [-0.2, 0) is 4.79 Å². The predicted octanol–water partition coefficient (Wildman–Crippen LogP) is 2.10. The number of piperidine rings is 1. The summed E-state index contributed by atoms with van der Waals surface area (Å²) in [6.07, 6.45) is 2.34. The monoisotopic (exact) mass is 337 g/mol. The number of carbonyl (C=O) groups is 2. The normalized spacial score (nSPS) is 20.3. The first-order valence-electron chi connectivity index (χ1n) is 8.33. The Labute approximate surface area is 142 Å². The largest absolute Gasteiger partial charge is 0.354 e. The number of thiophene rings is 1. The molecule has 1 saturated heterocycles. The second kappa shape index (κ2) is 8.45. The average Bonchev–Trinajstić information content (AvgIpc) is 3.07. The van der Waals surface area contributed by atoms with Crippen molar-refractivity contribution in [1.82, 2.24) is 15.5 Å². The Bertz CT molecular complexity index is 516. The van der Waals surface area contributed by atoms with Crippen molar-refractivity contribution in [2.75, 3.05) is 19.6 Å². The summed E-state index contributed by atoms with van der Waals surface area (Å²) in [5.74, 6) is 0.193. The first-order chi connectivity index (χ1) is 11.0. The summed E-state index contributed by atoms with van der Waals surface area (Å²) < 4.78 is 0. The number of hydrogen-bond acceptors (Lipinski definition) is 4. The van der Waals surface area contributed by atoms with Gasteiger partial charge >= 0.3 is 0 Å². The van der Waals surface area contributed by atoms with Crippen molar-refractivity contribution in [3.05, 3.63) is 22.4 Å². The van der Waals surface area contributed by atoms with Crippen molar-refractivity contribution in [2.24, 2.45) is 5.92 Å². The predicted molar refractivity (Wildman–Crippen MR) is 93.7 cm³/mol. The van der Waals surface area contributed by atoms with Crippen molar-refractivity contribution < 1.29 is 9.59 Å². The van der Waals surface area contributed by atoms with E-state index in [-0.39, 0.29) is 11.8 Å². The van der Waals surface area contributed by atoms with E-state index in [1.165, 1.54) is 17.8 Å². The van der Waals surface area contributed by atoms with Gasteiger partial charge in [0, 0.05) is 19.1 Å². The molecule has 1 aliphatic heterocycles. The smallest absolute Gasteiger partial charge is 0.261 e. The molecule has 0 aliphatic carbocycles. The minimum absolute atomic E-state index is 0.114. The highest BCUT2D eigenvalue weighted by Gasteiger charge is 2.23. The molecule has 2 N–H and O–H groups in total. The molecule has 23 heavy (non-hydrogen) atoms. The van der Waals surface area contributed by atoms with E-state index in [0.717, 1.165) is 19.5 Å². The third-order valence-electron chi connectivity index (χ3n) is 4.33. The van der Waals surface area contributed by atoms with Gasteiger partial charge in [-0.2, -0.15) is 0 Å². The first-order valence-corrected chi connectivity index (χ1v) is 9.21. The summed E-state index contributed by atoms with van der Waals surface area (Å²) in [6, 6.07) is 3.62. The quantitative estimate of drug-likeness (QED) is 0.836. The number of rotatable bonds is 6. The molecule has 2 rings (SSSR count). The summed E-state index contributed by atoms with van der Waals surface area (Å²) in [6.45, 7) is 9.01. The Balaban J connectivity index is 1.74. The van der Waals surface area contributed by atoms with Gasteiger partial charge in [0.25, 0.3) is 5.91 Å². The maximum absolute atomic E-state index is 12.2. The fourth-order valence-electron chi connectivity index (χ4n) is 2.87. The van der Waals surface area contributed by atoms with Gasteiger partial charge in [-0.05, 0) is 57.5 Å². The van der Waals surface area contributed by atoms with Crippen LogP contribution >= 0.6 is 11.3 Å². The molecule has 128 valence electrons. The Morgan fingerprint density at radius 1 is 1.39 bits per heavy atom. The highest BCUT2D eigenvalue weighted by Crippen LogP contribution is 2.17. The van der Waals surface area contributed by atoms with Gasteiger partial charge < -0.3 is 15.5 Å². The highest BCUT2D eigenvalue weighted by atomic mass is 32.1. The second-order valence-corrected chi connectivity index (χ2v) is 7.46. The van der Waals surface area contributed by atoms with E-state index in [0.29, 0.717) is 23.4 Å². The second-order valence-electron chi connectivity index (χ2n) is 6.51. The van der Waals surface area contributed by atoms with Gasteiger partial charge in [-0.3, -0.25) is 9.59 Å². The number of carbonyl (C=O) groups excluding carboxylic acids is 2. The minimum atomic E-state index is -0.519. The molecule has 1 fully saturated rings. The van der Waals surface area contributed by atoms with Crippen LogP contribution in [0.2, 0.25) is 0 Å². The van der Waals surface area contributed by atoms with E-state index in [1.807, 2.05) is 11.4 Å². The van der Waals surface area contributed by atoms with Crippen molar-refractivity contribution in [3.63, 3.8) is 0 Å². The summed E-state index contributed by atoms with van der Waals surface area (Å²) in [5, 5.41) is 7.58. The summed E-state index contributed by atoms with van der Waals surface area (Å²) >= 11 is 1.37. The molecule has 6 heteroatoms. The van der Waals surface area contributed by atoms with E-state index in [4.69, 9.17) is 0 Å². The maximum atomic E-state index is 12.2. The van der Waals surface area contributed by atoms with Gasteiger partial charge in [-0.1, -0.05) is 6.07 Å². The molecule has 0 aromatic carbocycles. The minimum Gasteiger partial charge on any atom is -0.354 e. The fraction of sp³-hybridized carbons (Fsp3) is 0.647. The average molecular weight is 337 g/mol. The van der Waals surface area contributed by atoms with Crippen molar-refractivity contribution in [1.29, 1.82) is 0 Å². The summed E-state index contributed by atoms with van der Waals surface area (Å²) in [4.78, 5) is 27.2. The summed E-state index contributed by atoms with van der Waals surface area (Å²) in [5.41, 5.74) is 0. The number of nitrogens with one attached hydrogen (secondary N) is 2. The number of nitrogens with zero attached hydrogens (tertiary/aromatic N) is 1. The number of likely N-dealkylation sites (tertiary alicyclic amines) is 1. The van der Waals surface area contributed by atoms with E-state index in [2.05, 4.69) is 29.4 Å².